The fourth-order valence-electron chi connectivity index (χ4n) is 3.83. The molecule has 1 unspecified atom stereocenters. The number of methoxy groups -OCH3 is 3. The summed E-state index contributed by atoms with van der Waals surface area (Å²) in [5.41, 5.74) is 2.46. The van der Waals surface area contributed by atoms with Crippen molar-refractivity contribution in [2.45, 2.75) is 38.3 Å². The van der Waals surface area contributed by atoms with Crippen LogP contribution in [0.25, 0.3) is 0 Å². The molecule has 0 radical (unpaired) electrons. The lowest BCUT2D eigenvalue weighted by atomic mass is 9.92. The highest BCUT2D eigenvalue weighted by molar-refractivity contribution is 8.16. The number of carbonyl (C=O) groups excluding carboxylic acids is 2. The lowest BCUT2D eigenvalue weighted by Gasteiger charge is -2.36. The molecule has 0 bridgehead atoms. The number of ether oxygens (including phenoxy) is 3. The molecule has 1 atom stereocenters. The number of amides is 1. The summed E-state index contributed by atoms with van der Waals surface area (Å²) in [6.45, 7) is 1.79. The van der Waals surface area contributed by atoms with Crippen LogP contribution in [-0.4, -0.2) is 49.3 Å². The molecule has 31 heavy (non-hydrogen) atoms. The predicted octanol–water partition coefficient (Wildman–Crippen LogP) is 3.12. The number of benzene rings is 1. The zero-order chi connectivity index (χ0) is 22.1. The Balaban J connectivity index is 1.79. The highest BCUT2D eigenvalue weighted by Crippen LogP contribution is 2.48. The number of para-hydroxylation sites is 1. The van der Waals surface area contributed by atoms with Gasteiger partial charge in [-0.1, -0.05) is 23.9 Å². The van der Waals surface area contributed by atoms with Gasteiger partial charge >= 0.3 is 5.97 Å². The van der Waals surface area contributed by atoms with E-state index in [1.807, 2.05) is 22.4 Å². The number of amidine groups is 1. The number of aliphatic imine (C=N–C) groups is 1. The maximum atomic E-state index is 12.8. The van der Waals surface area contributed by atoms with Gasteiger partial charge in [0, 0.05) is 17.3 Å². The number of carbonyl (C=O) groups is 2. The van der Waals surface area contributed by atoms with Crippen LogP contribution in [0.2, 0.25) is 0 Å². The van der Waals surface area contributed by atoms with Gasteiger partial charge in [-0.25, -0.2) is 9.79 Å². The molecule has 2 aliphatic heterocycles. The van der Waals surface area contributed by atoms with E-state index in [4.69, 9.17) is 14.2 Å². The number of thioether (sulfide) groups is 1. The second-order valence-corrected chi connectivity index (χ2v) is 8.32. The molecule has 9 heteroatoms. The number of nitrogens with zero attached hydrogens (tertiary/aromatic N) is 2. The Morgan fingerprint density at radius 2 is 2.00 bits per heavy atom. The molecule has 3 aliphatic rings. The minimum absolute atomic E-state index is 0.0437. The highest BCUT2D eigenvalue weighted by atomic mass is 32.2. The molecule has 2 heterocycles. The molecule has 1 saturated carbocycles. The van der Waals surface area contributed by atoms with Crippen LogP contribution in [0, 0.1) is 0 Å². The van der Waals surface area contributed by atoms with Gasteiger partial charge in [-0.15, -0.1) is 0 Å². The molecule has 0 spiro atoms. The topological polar surface area (TPSA) is 89.5 Å². The number of nitrogens with one attached hydrogen (secondary N) is 1. The zero-order valence-electron chi connectivity index (χ0n) is 17.9. The lowest BCUT2D eigenvalue weighted by molar-refractivity contribution is -0.136. The Morgan fingerprint density at radius 3 is 2.65 bits per heavy atom. The van der Waals surface area contributed by atoms with Crippen LogP contribution in [0.4, 0.5) is 0 Å². The minimum atomic E-state index is -0.569. The summed E-state index contributed by atoms with van der Waals surface area (Å²) in [6.07, 6.45) is 2.24. The van der Waals surface area contributed by atoms with E-state index < -0.39 is 12.0 Å². The summed E-state index contributed by atoms with van der Waals surface area (Å²) >= 11 is 1.43. The van der Waals surface area contributed by atoms with Gasteiger partial charge in [0.25, 0.3) is 0 Å². The third-order valence-electron chi connectivity index (χ3n) is 5.42. The third kappa shape index (κ3) is 4.01. The van der Waals surface area contributed by atoms with Crippen molar-refractivity contribution in [3.05, 3.63) is 46.1 Å². The smallest absolute Gasteiger partial charge is 0.338 e. The van der Waals surface area contributed by atoms with Crippen LogP contribution in [0.5, 0.6) is 11.5 Å². The number of rotatable bonds is 7. The predicted molar refractivity (Wildman–Crippen MR) is 118 cm³/mol. The second kappa shape index (κ2) is 8.66. The molecule has 1 aliphatic carbocycles. The maximum Gasteiger partial charge on any atom is 0.338 e. The molecule has 1 fully saturated rings. The van der Waals surface area contributed by atoms with Gasteiger partial charge in [-0.3, -0.25) is 4.79 Å². The number of esters is 1. The van der Waals surface area contributed by atoms with Crippen LogP contribution in [-0.2, 0) is 14.3 Å². The van der Waals surface area contributed by atoms with Gasteiger partial charge in [-0.2, -0.15) is 0 Å². The molecule has 4 rings (SSSR count). The first-order valence-corrected chi connectivity index (χ1v) is 10.9. The van der Waals surface area contributed by atoms with Crippen molar-refractivity contribution in [2.75, 3.05) is 21.3 Å². The number of hydrogen-bond acceptors (Lipinski definition) is 8. The van der Waals surface area contributed by atoms with Gasteiger partial charge < -0.3 is 24.4 Å². The van der Waals surface area contributed by atoms with Crippen LogP contribution < -0.4 is 14.8 Å². The molecule has 1 amide bonds. The van der Waals surface area contributed by atoms with Gasteiger partial charge in [0.05, 0.1) is 45.1 Å². The van der Waals surface area contributed by atoms with E-state index >= 15 is 0 Å². The van der Waals surface area contributed by atoms with E-state index in [0.29, 0.717) is 27.9 Å². The average Bonchev–Trinajstić information content (AvgIpc) is 3.50. The molecule has 8 nitrogen and oxygen atoms in total. The summed E-state index contributed by atoms with van der Waals surface area (Å²) in [5, 5.41) is 5.64. The van der Waals surface area contributed by atoms with Gasteiger partial charge in [0.15, 0.2) is 16.7 Å². The Labute approximate surface area is 185 Å². The zero-order valence-corrected chi connectivity index (χ0v) is 18.7. The summed E-state index contributed by atoms with van der Waals surface area (Å²) in [6, 6.07) is 5.24. The average molecular weight is 444 g/mol. The number of fused-ring (bicyclic) bond motifs is 1. The van der Waals surface area contributed by atoms with Crippen molar-refractivity contribution in [3.8, 4) is 11.5 Å². The SMILES string of the molecule is COC(=O)C1=C(C)N=C2SC=C(CC(=O)NC3CC3)N2C1c1cccc(OC)c1OC. The normalized spacial score (nSPS) is 20.0. The van der Waals surface area contributed by atoms with Crippen LogP contribution in [0.1, 0.15) is 37.8 Å². The summed E-state index contributed by atoms with van der Waals surface area (Å²) in [7, 11) is 4.48. The summed E-state index contributed by atoms with van der Waals surface area (Å²) in [4.78, 5) is 31.9. The summed E-state index contributed by atoms with van der Waals surface area (Å²) in [5.74, 6) is 0.547. The van der Waals surface area contributed by atoms with E-state index in [0.717, 1.165) is 24.1 Å². The van der Waals surface area contributed by atoms with Gasteiger partial charge in [0.1, 0.15) is 0 Å². The van der Waals surface area contributed by atoms with Crippen molar-refractivity contribution in [1.82, 2.24) is 10.2 Å². The van der Waals surface area contributed by atoms with Crippen molar-refractivity contribution in [1.29, 1.82) is 0 Å². The molecular weight excluding hydrogens is 418 g/mol. The van der Waals surface area contributed by atoms with Crippen molar-refractivity contribution < 1.29 is 23.8 Å². The minimum Gasteiger partial charge on any atom is -0.493 e. The molecule has 164 valence electrons. The monoisotopic (exact) mass is 443 g/mol. The molecule has 0 aromatic heterocycles. The van der Waals surface area contributed by atoms with Crippen molar-refractivity contribution in [2.24, 2.45) is 4.99 Å². The van der Waals surface area contributed by atoms with Crippen LogP contribution in [0.3, 0.4) is 0 Å². The second-order valence-electron chi connectivity index (χ2n) is 7.49. The third-order valence-corrected chi connectivity index (χ3v) is 6.31. The van der Waals surface area contributed by atoms with E-state index in [-0.39, 0.29) is 18.4 Å². The highest BCUT2D eigenvalue weighted by Gasteiger charge is 2.42. The van der Waals surface area contributed by atoms with E-state index in [2.05, 4.69) is 10.3 Å². The first-order valence-electron chi connectivity index (χ1n) is 10.0. The van der Waals surface area contributed by atoms with Crippen LogP contribution >= 0.6 is 11.8 Å². The Bertz CT molecular complexity index is 1010. The van der Waals surface area contributed by atoms with E-state index in [1.165, 1.54) is 18.9 Å². The first-order chi connectivity index (χ1) is 15.0. The van der Waals surface area contributed by atoms with Crippen LogP contribution in [0.15, 0.2) is 45.6 Å². The Kier molecular flexibility index (Phi) is 5.95. The van der Waals surface area contributed by atoms with Gasteiger partial charge in [0.2, 0.25) is 5.91 Å². The summed E-state index contributed by atoms with van der Waals surface area (Å²) < 4.78 is 16.2. The molecular formula is C22H25N3O5S. The molecule has 1 aromatic carbocycles. The quantitative estimate of drug-likeness (QED) is 0.648. The van der Waals surface area contributed by atoms with E-state index in [1.54, 1.807) is 27.2 Å². The first kappa shape index (κ1) is 21.3. The number of hydrogen-bond donors (Lipinski definition) is 1. The number of allylic oxidation sites excluding steroid dienone is 1. The Morgan fingerprint density at radius 1 is 1.23 bits per heavy atom. The van der Waals surface area contributed by atoms with Gasteiger partial charge in [-0.05, 0) is 31.2 Å². The molecule has 1 aromatic rings. The fraction of sp³-hybridized carbons (Fsp3) is 0.409. The fourth-order valence-corrected chi connectivity index (χ4v) is 4.80. The molecule has 1 N–H and O–H groups in total. The lowest BCUT2D eigenvalue weighted by Crippen LogP contribution is -2.38. The van der Waals surface area contributed by atoms with Crippen molar-refractivity contribution >= 4 is 28.8 Å². The largest absolute Gasteiger partial charge is 0.493 e. The van der Waals surface area contributed by atoms with E-state index in [9.17, 15) is 9.59 Å². The Hall–Kier alpha value is -2.94. The standard InChI is InChI=1S/C22H25N3O5S/c1-12-18(21(27)30-4)19(15-6-5-7-16(28-2)20(15)29-3)25-14(11-31-22(25)23-12)10-17(26)24-13-8-9-13/h5-7,11,13,19H,8-10H2,1-4H3,(H,24,26). The molecule has 0 saturated heterocycles. The van der Waals surface area contributed by atoms with Crippen molar-refractivity contribution in [3.63, 3.8) is 0 Å². The maximum absolute atomic E-state index is 12.8.